The number of rotatable bonds is 2. The summed E-state index contributed by atoms with van der Waals surface area (Å²) in [6.07, 6.45) is 1.14. The molecule has 1 unspecified atom stereocenters. The van der Waals surface area contributed by atoms with Gasteiger partial charge in [0.2, 0.25) is 0 Å². The van der Waals surface area contributed by atoms with E-state index < -0.39 is 0 Å². The third kappa shape index (κ3) is 2.75. The van der Waals surface area contributed by atoms with Crippen molar-refractivity contribution in [3.05, 3.63) is 33.4 Å². The van der Waals surface area contributed by atoms with Crippen molar-refractivity contribution in [2.75, 3.05) is 0 Å². The first kappa shape index (κ1) is 9.52. The van der Waals surface area contributed by atoms with Crippen molar-refractivity contribution < 1.29 is 0 Å². The van der Waals surface area contributed by atoms with Gasteiger partial charge in [0.05, 0.1) is 0 Å². The molecule has 0 fully saturated rings. The predicted octanol–water partition coefficient (Wildman–Crippen LogP) is 4.14. The lowest BCUT2D eigenvalue weighted by Crippen LogP contribution is -1.86. The minimum atomic E-state index is 0.513. The zero-order chi connectivity index (χ0) is 8.27. The van der Waals surface area contributed by atoms with Crippen LogP contribution >= 0.6 is 38.5 Å². The summed E-state index contributed by atoms with van der Waals surface area (Å²) in [5.74, 6) is 0. The number of hydrogen-bond acceptors (Lipinski definition) is 0. The van der Waals surface area contributed by atoms with E-state index in [-0.39, 0.29) is 0 Å². The molecule has 0 amide bonds. The third-order valence-electron chi connectivity index (χ3n) is 1.59. The van der Waals surface area contributed by atoms with Crippen LogP contribution in [0, 0.1) is 3.57 Å². The van der Waals surface area contributed by atoms with Crippen LogP contribution in [0.25, 0.3) is 0 Å². The molecule has 0 saturated heterocycles. The fourth-order valence-corrected chi connectivity index (χ4v) is 1.57. The summed E-state index contributed by atoms with van der Waals surface area (Å²) in [7, 11) is 0. The molecule has 0 aliphatic rings. The largest absolute Gasteiger partial charge is 0.0839 e. The highest BCUT2D eigenvalue weighted by Crippen LogP contribution is 2.25. The molecule has 0 spiro atoms. The Bertz CT molecular complexity index is 218. The Kier molecular flexibility index (Phi) is 3.85. The van der Waals surface area contributed by atoms with Gasteiger partial charge < -0.3 is 0 Å². The van der Waals surface area contributed by atoms with Crippen LogP contribution in [0.4, 0.5) is 0 Å². The first-order chi connectivity index (χ1) is 5.24. The maximum atomic E-state index is 3.61. The van der Waals surface area contributed by atoms with Crippen molar-refractivity contribution in [1.82, 2.24) is 0 Å². The van der Waals surface area contributed by atoms with Crippen molar-refractivity contribution in [1.29, 1.82) is 0 Å². The molecule has 1 rings (SSSR count). The summed E-state index contributed by atoms with van der Waals surface area (Å²) in [4.78, 5) is 0.513. The minimum absolute atomic E-state index is 0.513. The Morgan fingerprint density at radius 1 is 1.36 bits per heavy atom. The smallest absolute Gasteiger partial charge is 0.0392 e. The summed E-state index contributed by atoms with van der Waals surface area (Å²) < 4.78 is 1.29. The number of alkyl halides is 1. The quantitative estimate of drug-likeness (QED) is 0.566. The highest BCUT2D eigenvalue weighted by Gasteiger charge is 2.02. The molecular formula is C9H10BrI. The van der Waals surface area contributed by atoms with Gasteiger partial charge in [0, 0.05) is 8.40 Å². The first-order valence-corrected chi connectivity index (χ1v) is 5.63. The van der Waals surface area contributed by atoms with Gasteiger partial charge in [-0.2, -0.15) is 0 Å². The van der Waals surface area contributed by atoms with E-state index in [2.05, 4.69) is 69.7 Å². The fraction of sp³-hybridized carbons (Fsp3) is 0.333. The van der Waals surface area contributed by atoms with Gasteiger partial charge in [0.15, 0.2) is 0 Å². The second-order valence-electron chi connectivity index (χ2n) is 2.43. The Morgan fingerprint density at radius 3 is 2.36 bits per heavy atom. The van der Waals surface area contributed by atoms with E-state index in [1.54, 1.807) is 0 Å². The van der Waals surface area contributed by atoms with Crippen LogP contribution < -0.4 is 0 Å². The molecule has 1 aromatic carbocycles. The van der Waals surface area contributed by atoms with E-state index in [1.807, 2.05) is 0 Å². The van der Waals surface area contributed by atoms with E-state index >= 15 is 0 Å². The van der Waals surface area contributed by atoms with Crippen molar-refractivity contribution in [2.24, 2.45) is 0 Å². The Hall–Kier alpha value is 0.430. The van der Waals surface area contributed by atoms with E-state index in [0.29, 0.717) is 4.83 Å². The van der Waals surface area contributed by atoms with Gasteiger partial charge in [0.25, 0.3) is 0 Å². The van der Waals surface area contributed by atoms with Crippen LogP contribution in [0.3, 0.4) is 0 Å². The molecule has 11 heavy (non-hydrogen) atoms. The first-order valence-electron chi connectivity index (χ1n) is 3.63. The van der Waals surface area contributed by atoms with Crippen LogP contribution in [0.1, 0.15) is 23.7 Å². The molecule has 60 valence electrons. The van der Waals surface area contributed by atoms with Gasteiger partial charge in [0.1, 0.15) is 0 Å². The molecule has 0 bridgehead atoms. The van der Waals surface area contributed by atoms with Crippen LogP contribution in [0.15, 0.2) is 24.3 Å². The average molecular weight is 325 g/mol. The lowest BCUT2D eigenvalue weighted by molar-refractivity contribution is 0.911. The molecule has 0 radical (unpaired) electrons. The van der Waals surface area contributed by atoms with E-state index in [9.17, 15) is 0 Å². The summed E-state index contributed by atoms with van der Waals surface area (Å²) in [6, 6.07) is 8.62. The molecule has 0 N–H and O–H groups in total. The van der Waals surface area contributed by atoms with Crippen LogP contribution in [-0.2, 0) is 0 Å². The van der Waals surface area contributed by atoms with Gasteiger partial charge in [-0.1, -0.05) is 35.0 Å². The molecular weight excluding hydrogens is 315 g/mol. The lowest BCUT2D eigenvalue weighted by Gasteiger charge is -2.05. The molecule has 1 aromatic rings. The van der Waals surface area contributed by atoms with Crippen LogP contribution in [0.5, 0.6) is 0 Å². The molecule has 2 heteroatoms. The van der Waals surface area contributed by atoms with Crippen LogP contribution in [-0.4, -0.2) is 0 Å². The third-order valence-corrected chi connectivity index (χ3v) is 3.49. The molecule has 0 aliphatic carbocycles. The van der Waals surface area contributed by atoms with Crippen molar-refractivity contribution >= 4 is 38.5 Å². The van der Waals surface area contributed by atoms with Gasteiger partial charge in [-0.25, -0.2) is 0 Å². The fourth-order valence-electron chi connectivity index (χ4n) is 0.907. The van der Waals surface area contributed by atoms with Gasteiger partial charge >= 0.3 is 0 Å². The summed E-state index contributed by atoms with van der Waals surface area (Å²) in [6.45, 7) is 2.18. The van der Waals surface area contributed by atoms with Crippen molar-refractivity contribution in [3.8, 4) is 0 Å². The maximum Gasteiger partial charge on any atom is 0.0392 e. The van der Waals surface area contributed by atoms with Gasteiger partial charge in [-0.3, -0.25) is 0 Å². The zero-order valence-corrected chi connectivity index (χ0v) is 10.1. The Labute approximate surface area is 89.7 Å². The summed E-state index contributed by atoms with van der Waals surface area (Å²) >= 11 is 5.92. The van der Waals surface area contributed by atoms with Crippen molar-refractivity contribution in [3.63, 3.8) is 0 Å². The normalized spacial score (nSPS) is 13.0. The zero-order valence-electron chi connectivity index (χ0n) is 6.35. The van der Waals surface area contributed by atoms with Gasteiger partial charge in [-0.05, 0) is 46.7 Å². The lowest BCUT2D eigenvalue weighted by atomic mass is 10.1. The topological polar surface area (TPSA) is 0 Å². The second kappa shape index (κ2) is 4.45. The highest BCUT2D eigenvalue weighted by atomic mass is 127. The molecule has 1 atom stereocenters. The molecule has 0 aliphatic heterocycles. The van der Waals surface area contributed by atoms with E-state index in [0.717, 1.165) is 6.42 Å². The Balaban J connectivity index is 2.81. The maximum absolute atomic E-state index is 3.61. The average Bonchev–Trinajstić information content (AvgIpc) is 2.05. The highest BCUT2D eigenvalue weighted by molar-refractivity contribution is 14.1. The van der Waals surface area contributed by atoms with E-state index in [1.165, 1.54) is 9.13 Å². The summed E-state index contributed by atoms with van der Waals surface area (Å²) in [5, 5.41) is 0. The van der Waals surface area contributed by atoms with Crippen LogP contribution in [0.2, 0.25) is 0 Å². The molecule has 0 nitrogen and oxygen atoms in total. The second-order valence-corrected chi connectivity index (χ2v) is 4.78. The molecule has 0 saturated carbocycles. The van der Waals surface area contributed by atoms with Crippen molar-refractivity contribution in [2.45, 2.75) is 18.2 Å². The van der Waals surface area contributed by atoms with Gasteiger partial charge in [-0.15, -0.1) is 0 Å². The molecule has 0 heterocycles. The number of benzene rings is 1. The minimum Gasteiger partial charge on any atom is -0.0839 e. The molecule has 0 aromatic heterocycles. The SMILES string of the molecule is CCC(Br)c1ccc(I)cc1. The standard InChI is InChI=1S/C9H10BrI/c1-2-9(10)7-3-5-8(11)6-4-7/h3-6,9H,2H2,1H3. The number of hydrogen-bond donors (Lipinski definition) is 0. The monoisotopic (exact) mass is 324 g/mol. The summed E-state index contributed by atoms with van der Waals surface area (Å²) in [5.41, 5.74) is 1.37. The van der Waals surface area contributed by atoms with E-state index in [4.69, 9.17) is 0 Å². The Morgan fingerprint density at radius 2 is 1.91 bits per heavy atom. The predicted molar refractivity (Wildman–Crippen MR) is 61.1 cm³/mol. The number of halogens is 2.